The second kappa shape index (κ2) is 5.69. The van der Waals surface area contributed by atoms with Crippen molar-refractivity contribution in [1.82, 2.24) is 9.55 Å². The first-order chi connectivity index (χ1) is 11.3. The van der Waals surface area contributed by atoms with Gasteiger partial charge >= 0.3 is 0 Å². The Morgan fingerprint density at radius 2 is 1.61 bits per heavy atom. The second-order valence-corrected chi connectivity index (χ2v) is 5.51. The van der Waals surface area contributed by atoms with Gasteiger partial charge in [0.2, 0.25) is 0 Å². The van der Waals surface area contributed by atoms with Gasteiger partial charge in [-0.2, -0.15) is 0 Å². The lowest BCUT2D eigenvalue weighted by Crippen LogP contribution is -2.02. The molecule has 0 aliphatic heterocycles. The van der Waals surface area contributed by atoms with Crippen LogP contribution in [0.1, 0.15) is 5.56 Å². The number of hydrogen-bond donors (Lipinski definition) is 0. The molecule has 0 N–H and O–H groups in total. The van der Waals surface area contributed by atoms with Gasteiger partial charge < -0.3 is 4.57 Å². The van der Waals surface area contributed by atoms with Gasteiger partial charge in [0.05, 0.1) is 11.0 Å². The van der Waals surface area contributed by atoms with Crippen LogP contribution in [0.4, 0.5) is 4.39 Å². The third-order valence-electron chi connectivity index (χ3n) is 3.92. The van der Waals surface area contributed by atoms with E-state index in [1.165, 1.54) is 17.7 Å². The molecule has 0 aliphatic carbocycles. The zero-order chi connectivity index (χ0) is 15.6. The van der Waals surface area contributed by atoms with Crippen molar-refractivity contribution in [2.75, 3.05) is 0 Å². The Hall–Kier alpha value is -2.94. The van der Waals surface area contributed by atoms with Crippen LogP contribution in [0.2, 0.25) is 0 Å². The molecule has 2 nitrogen and oxygen atoms in total. The third-order valence-corrected chi connectivity index (χ3v) is 3.92. The molecule has 0 radical (unpaired) electrons. The van der Waals surface area contributed by atoms with E-state index in [0.717, 1.165) is 22.4 Å². The summed E-state index contributed by atoms with van der Waals surface area (Å²) in [4.78, 5) is 4.72. The molecule has 0 aliphatic rings. The summed E-state index contributed by atoms with van der Waals surface area (Å²) in [7, 11) is 0. The molecule has 0 amide bonds. The first kappa shape index (κ1) is 13.7. The van der Waals surface area contributed by atoms with Gasteiger partial charge in [-0.25, -0.2) is 9.37 Å². The predicted molar refractivity (Wildman–Crippen MR) is 90.7 cm³/mol. The molecule has 3 aromatic carbocycles. The number of aromatic nitrogens is 2. The summed E-state index contributed by atoms with van der Waals surface area (Å²) in [6.45, 7) is 0.702. The monoisotopic (exact) mass is 302 g/mol. The van der Waals surface area contributed by atoms with E-state index in [-0.39, 0.29) is 5.82 Å². The van der Waals surface area contributed by atoms with Crippen LogP contribution in [0, 0.1) is 5.82 Å². The normalized spacial score (nSPS) is 11.0. The van der Waals surface area contributed by atoms with Crippen LogP contribution in [-0.4, -0.2) is 9.55 Å². The van der Waals surface area contributed by atoms with Crippen molar-refractivity contribution in [3.05, 3.63) is 90.2 Å². The lowest BCUT2D eigenvalue weighted by Gasteiger charge is -2.09. The highest BCUT2D eigenvalue weighted by Gasteiger charge is 2.13. The van der Waals surface area contributed by atoms with Crippen molar-refractivity contribution in [2.45, 2.75) is 6.54 Å². The minimum absolute atomic E-state index is 0.249. The number of para-hydroxylation sites is 2. The number of halogens is 1. The van der Waals surface area contributed by atoms with Gasteiger partial charge in [-0.05, 0) is 29.8 Å². The van der Waals surface area contributed by atoms with Crippen molar-refractivity contribution >= 4 is 11.0 Å². The zero-order valence-electron chi connectivity index (χ0n) is 12.5. The summed E-state index contributed by atoms with van der Waals surface area (Å²) < 4.78 is 15.8. The van der Waals surface area contributed by atoms with Crippen molar-refractivity contribution < 1.29 is 4.39 Å². The van der Waals surface area contributed by atoms with Gasteiger partial charge in [-0.15, -0.1) is 0 Å². The summed E-state index contributed by atoms with van der Waals surface area (Å²) in [5.41, 5.74) is 3.95. The van der Waals surface area contributed by atoms with Crippen LogP contribution < -0.4 is 0 Å². The van der Waals surface area contributed by atoms with E-state index < -0.39 is 0 Å². The average Bonchev–Trinajstić information content (AvgIpc) is 2.95. The number of imidazole rings is 1. The molecule has 4 aromatic rings. The molecule has 1 aromatic heterocycles. The summed E-state index contributed by atoms with van der Waals surface area (Å²) >= 11 is 0. The molecule has 0 atom stereocenters. The van der Waals surface area contributed by atoms with Crippen LogP contribution in [0.3, 0.4) is 0 Å². The molecule has 0 saturated heterocycles. The molecule has 0 bridgehead atoms. The fourth-order valence-electron chi connectivity index (χ4n) is 2.85. The van der Waals surface area contributed by atoms with E-state index in [4.69, 9.17) is 4.98 Å². The molecule has 0 saturated carbocycles. The van der Waals surface area contributed by atoms with Gasteiger partial charge in [-0.1, -0.05) is 54.6 Å². The first-order valence-electron chi connectivity index (χ1n) is 7.56. The molecule has 112 valence electrons. The highest BCUT2D eigenvalue weighted by atomic mass is 19.1. The Morgan fingerprint density at radius 3 is 2.43 bits per heavy atom. The van der Waals surface area contributed by atoms with E-state index in [0.29, 0.717) is 6.54 Å². The van der Waals surface area contributed by atoms with Gasteiger partial charge in [0, 0.05) is 12.1 Å². The average molecular weight is 302 g/mol. The van der Waals surface area contributed by atoms with E-state index >= 15 is 0 Å². The van der Waals surface area contributed by atoms with Crippen LogP contribution >= 0.6 is 0 Å². The number of fused-ring (bicyclic) bond motifs is 1. The topological polar surface area (TPSA) is 17.8 Å². The van der Waals surface area contributed by atoms with Gasteiger partial charge in [0.15, 0.2) is 0 Å². The van der Waals surface area contributed by atoms with Crippen LogP contribution in [0.15, 0.2) is 78.9 Å². The van der Waals surface area contributed by atoms with Gasteiger partial charge in [-0.3, -0.25) is 0 Å². The number of nitrogens with zero attached hydrogens (tertiary/aromatic N) is 2. The molecule has 0 unspecified atom stereocenters. The quantitative estimate of drug-likeness (QED) is 0.527. The summed E-state index contributed by atoms with van der Waals surface area (Å²) in [5.74, 6) is 0.537. The Kier molecular flexibility index (Phi) is 3.39. The van der Waals surface area contributed by atoms with E-state index in [1.807, 2.05) is 48.5 Å². The molecule has 4 rings (SSSR count). The fourth-order valence-corrected chi connectivity index (χ4v) is 2.85. The maximum Gasteiger partial charge on any atom is 0.141 e. The maximum absolute atomic E-state index is 13.6. The summed E-state index contributed by atoms with van der Waals surface area (Å²) in [6, 6.07) is 24.8. The molecule has 23 heavy (non-hydrogen) atoms. The van der Waals surface area contributed by atoms with Gasteiger partial charge in [0.1, 0.15) is 11.6 Å². The minimum Gasteiger partial charge on any atom is -0.319 e. The summed E-state index contributed by atoms with van der Waals surface area (Å²) in [6.07, 6.45) is 0. The Morgan fingerprint density at radius 1 is 0.826 bits per heavy atom. The fraction of sp³-hybridized carbons (Fsp3) is 0.0500. The molecule has 3 heteroatoms. The number of hydrogen-bond acceptors (Lipinski definition) is 1. The third kappa shape index (κ3) is 2.61. The molecular formula is C20H15FN2. The molecule has 0 fully saturated rings. The number of rotatable bonds is 3. The molecule has 0 spiro atoms. The molecule has 1 heterocycles. The number of benzene rings is 3. The smallest absolute Gasteiger partial charge is 0.141 e. The zero-order valence-corrected chi connectivity index (χ0v) is 12.5. The van der Waals surface area contributed by atoms with Gasteiger partial charge in [0.25, 0.3) is 0 Å². The standard InChI is InChI=1S/C20H15FN2/c21-17-10-6-9-16(13-17)20-22-18-11-4-5-12-19(18)23(20)14-15-7-2-1-3-8-15/h1-13H,14H2. The highest BCUT2D eigenvalue weighted by molar-refractivity contribution is 5.80. The highest BCUT2D eigenvalue weighted by Crippen LogP contribution is 2.26. The lowest BCUT2D eigenvalue weighted by molar-refractivity contribution is 0.628. The maximum atomic E-state index is 13.6. The Labute approximate surface area is 133 Å². The Bertz CT molecular complexity index is 958. The van der Waals surface area contributed by atoms with E-state index in [1.54, 1.807) is 6.07 Å². The summed E-state index contributed by atoms with van der Waals surface area (Å²) in [5, 5.41) is 0. The van der Waals surface area contributed by atoms with Crippen LogP contribution in [0.5, 0.6) is 0 Å². The van der Waals surface area contributed by atoms with Crippen LogP contribution in [-0.2, 0) is 6.54 Å². The van der Waals surface area contributed by atoms with Crippen LogP contribution in [0.25, 0.3) is 22.4 Å². The predicted octanol–water partition coefficient (Wildman–Crippen LogP) is 4.89. The van der Waals surface area contributed by atoms with E-state index in [9.17, 15) is 4.39 Å². The van der Waals surface area contributed by atoms with Crippen molar-refractivity contribution in [2.24, 2.45) is 0 Å². The van der Waals surface area contributed by atoms with Crippen molar-refractivity contribution in [3.63, 3.8) is 0 Å². The SMILES string of the molecule is Fc1cccc(-c2nc3ccccc3n2Cc2ccccc2)c1. The van der Waals surface area contributed by atoms with E-state index in [2.05, 4.69) is 16.7 Å². The van der Waals surface area contributed by atoms with Crippen molar-refractivity contribution in [3.8, 4) is 11.4 Å². The lowest BCUT2D eigenvalue weighted by atomic mass is 10.2. The molecular weight excluding hydrogens is 287 g/mol. The first-order valence-corrected chi connectivity index (χ1v) is 7.56. The largest absolute Gasteiger partial charge is 0.319 e. The Balaban J connectivity index is 1.91. The van der Waals surface area contributed by atoms with Crippen molar-refractivity contribution in [1.29, 1.82) is 0 Å². The minimum atomic E-state index is -0.249. The second-order valence-electron chi connectivity index (χ2n) is 5.51.